The summed E-state index contributed by atoms with van der Waals surface area (Å²) in [4.78, 5) is 32.8. The summed E-state index contributed by atoms with van der Waals surface area (Å²) in [5.41, 5.74) is 2.49. The number of hydrogen-bond donors (Lipinski definition) is 1. The fraction of sp³-hybridized carbons (Fsp3) is 0.400. The van der Waals surface area contributed by atoms with Gasteiger partial charge in [0.1, 0.15) is 23.7 Å². The lowest BCUT2D eigenvalue weighted by atomic mass is 9.88. The zero-order chi connectivity index (χ0) is 21.8. The summed E-state index contributed by atoms with van der Waals surface area (Å²) in [7, 11) is 0. The molecule has 0 unspecified atom stereocenters. The van der Waals surface area contributed by atoms with Crippen molar-refractivity contribution in [1.82, 2.24) is 4.90 Å². The summed E-state index contributed by atoms with van der Waals surface area (Å²) < 4.78 is 5.44. The molecular formula is C25H29N3O3. The number of hydrogen-bond acceptors (Lipinski definition) is 4. The third-order valence-corrected chi connectivity index (χ3v) is 6.00. The molecule has 2 aromatic rings. The number of rotatable bonds is 6. The number of benzene rings is 2. The Hall–Kier alpha value is -3.15. The van der Waals surface area contributed by atoms with Gasteiger partial charge in [0.2, 0.25) is 5.91 Å². The van der Waals surface area contributed by atoms with Crippen LogP contribution in [0.5, 0.6) is 5.75 Å². The van der Waals surface area contributed by atoms with Crippen LogP contribution in [0.3, 0.4) is 0 Å². The van der Waals surface area contributed by atoms with Crippen LogP contribution < -0.4 is 10.1 Å². The van der Waals surface area contributed by atoms with E-state index in [1.165, 1.54) is 0 Å². The van der Waals surface area contributed by atoms with Gasteiger partial charge in [-0.05, 0) is 63.8 Å². The molecule has 2 aromatic carbocycles. The number of aryl methyl sites for hydroxylation is 1. The molecule has 4 rings (SSSR count). The molecule has 1 fully saturated rings. The predicted molar refractivity (Wildman–Crippen MR) is 121 cm³/mol. The maximum Gasteiger partial charge on any atom is 0.275 e. The Morgan fingerprint density at radius 2 is 1.74 bits per heavy atom. The lowest BCUT2D eigenvalue weighted by Crippen LogP contribution is -2.51. The maximum atomic E-state index is 13.4. The van der Waals surface area contributed by atoms with Crippen molar-refractivity contribution in [2.75, 3.05) is 18.5 Å². The fourth-order valence-corrected chi connectivity index (χ4v) is 4.40. The van der Waals surface area contributed by atoms with Gasteiger partial charge in [-0.1, -0.05) is 36.2 Å². The highest BCUT2D eigenvalue weighted by molar-refractivity contribution is 6.47. The SMILES string of the molecule is CCOc1ccc(NC(=O)CN2C(=O)C(c3ccc(C)cc3)=NC23CCCCC3)cc1. The molecule has 162 valence electrons. The Morgan fingerprint density at radius 1 is 1.06 bits per heavy atom. The maximum absolute atomic E-state index is 13.4. The molecule has 6 nitrogen and oxygen atoms in total. The molecule has 1 spiro atoms. The van der Waals surface area contributed by atoms with Gasteiger partial charge in [-0.15, -0.1) is 0 Å². The van der Waals surface area contributed by atoms with E-state index >= 15 is 0 Å². The quantitative estimate of drug-likeness (QED) is 0.758. The van der Waals surface area contributed by atoms with Crippen molar-refractivity contribution < 1.29 is 14.3 Å². The van der Waals surface area contributed by atoms with Crippen LogP contribution in [0.2, 0.25) is 0 Å². The van der Waals surface area contributed by atoms with E-state index < -0.39 is 5.66 Å². The molecular weight excluding hydrogens is 390 g/mol. The topological polar surface area (TPSA) is 71.0 Å². The first-order chi connectivity index (χ1) is 15.0. The Bertz CT molecular complexity index is 974. The summed E-state index contributed by atoms with van der Waals surface area (Å²) in [5, 5.41) is 2.90. The van der Waals surface area contributed by atoms with Crippen LogP contribution in [0, 0.1) is 6.92 Å². The van der Waals surface area contributed by atoms with E-state index in [0.29, 0.717) is 18.0 Å². The lowest BCUT2D eigenvalue weighted by Gasteiger charge is -2.38. The molecule has 0 saturated heterocycles. The van der Waals surface area contributed by atoms with E-state index in [1.54, 1.807) is 17.0 Å². The summed E-state index contributed by atoms with van der Waals surface area (Å²) in [6.45, 7) is 4.53. The predicted octanol–water partition coefficient (Wildman–Crippen LogP) is 4.32. The van der Waals surface area contributed by atoms with E-state index in [0.717, 1.165) is 49.0 Å². The van der Waals surface area contributed by atoms with Gasteiger partial charge >= 0.3 is 0 Å². The van der Waals surface area contributed by atoms with E-state index in [2.05, 4.69) is 5.32 Å². The van der Waals surface area contributed by atoms with Gasteiger partial charge in [-0.2, -0.15) is 0 Å². The molecule has 1 aliphatic heterocycles. The lowest BCUT2D eigenvalue weighted by molar-refractivity contribution is -0.134. The zero-order valence-electron chi connectivity index (χ0n) is 18.2. The molecule has 1 saturated carbocycles. The average Bonchev–Trinajstić information content (AvgIpc) is 3.02. The van der Waals surface area contributed by atoms with Gasteiger partial charge in [-0.25, -0.2) is 0 Å². The van der Waals surface area contributed by atoms with E-state index in [1.807, 2.05) is 50.2 Å². The van der Waals surface area contributed by atoms with Crippen molar-refractivity contribution in [3.05, 3.63) is 59.7 Å². The van der Waals surface area contributed by atoms with E-state index in [9.17, 15) is 9.59 Å². The highest BCUT2D eigenvalue weighted by Crippen LogP contribution is 2.39. The molecule has 1 aliphatic carbocycles. The first kappa shape index (κ1) is 21.1. The van der Waals surface area contributed by atoms with Crippen LogP contribution in [0.25, 0.3) is 0 Å². The molecule has 0 radical (unpaired) electrons. The number of nitrogens with zero attached hydrogens (tertiary/aromatic N) is 2. The normalized spacial score (nSPS) is 17.5. The van der Waals surface area contributed by atoms with Crippen molar-refractivity contribution in [1.29, 1.82) is 0 Å². The number of carbonyl (C=O) groups is 2. The zero-order valence-corrected chi connectivity index (χ0v) is 18.2. The largest absolute Gasteiger partial charge is 0.494 e. The summed E-state index contributed by atoms with van der Waals surface area (Å²) in [5.74, 6) is 0.378. The van der Waals surface area contributed by atoms with Gasteiger partial charge in [0.25, 0.3) is 5.91 Å². The van der Waals surface area contributed by atoms with E-state index in [-0.39, 0.29) is 18.4 Å². The van der Waals surface area contributed by atoms with Crippen molar-refractivity contribution in [3.63, 3.8) is 0 Å². The molecule has 2 amide bonds. The van der Waals surface area contributed by atoms with Crippen molar-refractivity contribution in [2.45, 2.75) is 51.6 Å². The molecule has 0 atom stereocenters. The van der Waals surface area contributed by atoms with Crippen molar-refractivity contribution in [3.8, 4) is 5.75 Å². The van der Waals surface area contributed by atoms with Crippen LogP contribution in [-0.4, -0.2) is 41.2 Å². The molecule has 0 bridgehead atoms. The van der Waals surface area contributed by atoms with Crippen LogP contribution in [-0.2, 0) is 9.59 Å². The molecule has 31 heavy (non-hydrogen) atoms. The Balaban J connectivity index is 1.52. The molecule has 1 heterocycles. The first-order valence-electron chi connectivity index (χ1n) is 11.0. The minimum Gasteiger partial charge on any atom is -0.494 e. The van der Waals surface area contributed by atoms with Gasteiger partial charge in [-0.3, -0.25) is 14.6 Å². The highest BCUT2D eigenvalue weighted by atomic mass is 16.5. The monoisotopic (exact) mass is 419 g/mol. The van der Waals surface area contributed by atoms with Gasteiger partial charge < -0.3 is 15.0 Å². The Labute approximate surface area is 183 Å². The van der Waals surface area contributed by atoms with Crippen LogP contribution >= 0.6 is 0 Å². The number of nitrogens with one attached hydrogen (secondary N) is 1. The number of amides is 2. The number of aliphatic imine (C=N–C) groups is 1. The third-order valence-electron chi connectivity index (χ3n) is 6.00. The van der Waals surface area contributed by atoms with Crippen LogP contribution in [0.4, 0.5) is 5.69 Å². The molecule has 1 N–H and O–H groups in total. The Morgan fingerprint density at radius 3 is 2.39 bits per heavy atom. The van der Waals surface area contributed by atoms with Gasteiger partial charge in [0, 0.05) is 11.3 Å². The number of ether oxygens (including phenoxy) is 1. The molecule has 0 aromatic heterocycles. The van der Waals surface area contributed by atoms with Gasteiger partial charge in [0.15, 0.2) is 0 Å². The van der Waals surface area contributed by atoms with Crippen molar-refractivity contribution >= 4 is 23.2 Å². The Kier molecular flexibility index (Phi) is 6.07. The first-order valence-corrected chi connectivity index (χ1v) is 11.0. The third kappa shape index (κ3) is 4.48. The fourth-order valence-electron chi connectivity index (χ4n) is 4.40. The second kappa shape index (κ2) is 8.92. The number of carbonyl (C=O) groups excluding carboxylic acids is 2. The summed E-state index contributed by atoms with van der Waals surface area (Å²) in [6, 6.07) is 15.1. The highest BCUT2D eigenvalue weighted by Gasteiger charge is 2.48. The second-order valence-electron chi connectivity index (χ2n) is 8.27. The minimum absolute atomic E-state index is 0.00902. The van der Waals surface area contributed by atoms with Crippen LogP contribution in [0.1, 0.15) is 50.2 Å². The van der Waals surface area contributed by atoms with Crippen molar-refractivity contribution in [2.24, 2.45) is 4.99 Å². The smallest absolute Gasteiger partial charge is 0.275 e. The van der Waals surface area contributed by atoms with E-state index in [4.69, 9.17) is 9.73 Å². The standard InChI is InChI=1S/C25H29N3O3/c1-3-31-21-13-11-20(12-14-21)26-22(29)17-28-24(30)23(19-9-7-18(2)8-10-19)27-25(28)15-5-4-6-16-25/h7-14H,3-6,15-17H2,1-2H3,(H,26,29). The molecule has 2 aliphatic rings. The minimum atomic E-state index is -0.605. The molecule has 6 heteroatoms. The average molecular weight is 420 g/mol. The number of anilines is 1. The van der Waals surface area contributed by atoms with Gasteiger partial charge in [0.05, 0.1) is 6.61 Å². The second-order valence-corrected chi connectivity index (χ2v) is 8.27. The van der Waals surface area contributed by atoms with Crippen LogP contribution in [0.15, 0.2) is 53.5 Å². The summed E-state index contributed by atoms with van der Waals surface area (Å²) >= 11 is 0. The summed E-state index contributed by atoms with van der Waals surface area (Å²) in [6.07, 6.45) is 4.75.